The Morgan fingerprint density at radius 1 is 0.793 bits per heavy atom. The van der Waals surface area contributed by atoms with E-state index in [1.165, 1.54) is 20.8 Å². The van der Waals surface area contributed by atoms with Gasteiger partial charge in [-0.3, -0.25) is 4.79 Å². The second-order valence-corrected chi connectivity index (χ2v) is 9.07. The molecule has 0 N–H and O–H groups in total. The third-order valence-electron chi connectivity index (χ3n) is 4.09. The van der Waals surface area contributed by atoms with Gasteiger partial charge in [0, 0.05) is 0 Å². The number of hydrogen-bond donors (Lipinski definition) is 0. The van der Waals surface area contributed by atoms with Crippen molar-refractivity contribution in [2.24, 2.45) is 16.7 Å². The van der Waals surface area contributed by atoms with E-state index in [0.717, 1.165) is 0 Å². The molecule has 0 radical (unpaired) electrons. The Morgan fingerprint density at radius 3 is 1.52 bits per heavy atom. The zero-order valence-electron chi connectivity index (χ0n) is 16.7. The Bertz CT molecular complexity index is 574. The van der Waals surface area contributed by atoms with E-state index < -0.39 is 59.4 Å². The summed E-state index contributed by atoms with van der Waals surface area (Å²) in [6, 6.07) is 0. The summed E-state index contributed by atoms with van der Waals surface area (Å²) in [6.45, 7) is 6.86. The largest absolute Gasteiger partial charge is 0.459 e. The average molecular weight is 450 g/mol. The topological polar surface area (TPSA) is 26.3 Å². The van der Waals surface area contributed by atoms with Crippen LogP contribution in [0.25, 0.3) is 0 Å². The average Bonchev–Trinajstić information content (AvgIpc) is 2.47. The Hall–Kier alpha value is -1.23. The number of ether oxygens (including phenoxy) is 1. The second kappa shape index (κ2) is 8.13. The molecule has 29 heavy (non-hydrogen) atoms. The van der Waals surface area contributed by atoms with Crippen LogP contribution in [0.15, 0.2) is 0 Å². The molecule has 0 amide bonds. The Labute approximate surface area is 162 Å². The van der Waals surface area contributed by atoms with Crippen molar-refractivity contribution in [1.29, 1.82) is 0 Å². The molecule has 0 bridgehead atoms. The SMILES string of the molecule is CC(C)(C)CC(C(=O)OCC(F)(F)C(F)(F)C(F)(F)C(F)(F)C(F)F)C(C)(C)C. The minimum Gasteiger partial charge on any atom is -0.459 e. The van der Waals surface area contributed by atoms with Crippen molar-refractivity contribution in [2.45, 2.75) is 78.1 Å². The number of alkyl halides is 10. The van der Waals surface area contributed by atoms with E-state index in [2.05, 4.69) is 4.74 Å². The van der Waals surface area contributed by atoms with Crippen molar-refractivity contribution < 1.29 is 53.4 Å². The van der Waals surface area contributed by atoms with Gasteiger partial charge in [0.05, 0.1) is 5.92 Å². The number of esters is 1. The van der Waals surface area contributed by atoms with Crippen molar-refractivity contribution in [3.8, 4) is 0 Å². The van der Waals surface area contributed by atoms with Gasteiger partial charge in [0.25, 0.3) is 0 Å². The highest BCUT2D eigenvalue weighted by molar-refractivity contribution is 5.73. The molecule has 0 aliphatic carbocycles. The fraction of sp³-hybridized carbons (Fsp3) is 0.941. The van der Waals surface area contributed by atoms with E-state index in [1.807, 2.05) is 0 Å². The van der Waals surface area contributed by atoms with E-state index in [1.54, 1.807) is 20.8 Å². The predicted molar refractivity (Wildman–Crippen MR) is 83.8 cm³/mol. The van der Waals surface area contributed by atoms with Crippen LogP contribution in [-0.2, 0) is 9.53 Å². The van der Waals surface area contributed by atoms with Crippen LogP contribution < -0.4 is 0 Å². The lowest BCUT2D eigenvalue weighted by Gasteiger charge is -2.37. The van der Waals surface area contributed by atoms with Gasteiger partial charge >= 0.3 is 36.1 Å². The molecular weight excluding hydrogens is 426 g/mol. The minimum absolute atomic E-state index is 0.0386. The summed E-state index contributed by atoms with van der Waals surface area (Å²) in [6.07, 6.45) is -5.30. The molecule has 0 saturated heterocycles. The number of carbonyl (C=O) groups excluding carboxylic acids is 1. The van der Waals surface area contributed by atoms with Gasteiger partial charge in [-0.2, -0.15) is 35.1 Å². The first-order valence-corrected chi connectivity index (χ1v) is 8.38. The van der Waals surface area contributed by atoms with E-state index >= 15 is 0 Å². The lowest BCUT2D eigenvalue weighted by atomic mass is 9.72. The molecule has 0 aromatic heterocycles. The molecule has 0 fully saturated rings. The molecule has 0 aromatic rings. The minimum atomic E-state index is -7.11. The fourth-order valence-electron chi connectivity index (χ4n) is 2.28. The first-order chi connectivity index (χ1) is 12.4. The van der Waals surface area contributed by atoms with E-state index in [-0.39, 0.29) is 6.42 Å². The van der Waals surface area contributed by atoms with Gasteiger partial charge in [-0.15, -0.1) is 0 Å². The molecule has 2 nitrogen and oxygen atoms in total. The number of carbonyl (C=O) groups is 1. The van der Waals surface area contributed by atoms with Crippen molar-refractivity contribution >= 4 is 5.97 Å². The van der Waals surface area contributed by atoms with Crippen LogP contribution in [0.3, 0.4) is 0 Å². The Balaban J connectivity index is 5.66. The van der Waals surface area contributed by atoms with Gasteiger partial charge in [0.15, 0.2) is 6.61 Å². The van der Waals surface area contributed by atoms with E-state index in [4.69, 9.17) is 0 Å². The molecule has 0 aromatic carbocycles. The third kappa shape index (κ3) is 5.90. The molecule has 0 aliphatic heterocycles. The molecule has 0 heterocycles. The van der Waals surface area contributed by atoms with Gasteiger partial charge in [0.1, 0.15) is 0 Å². The first-order valence-electron chi connectivity index (χ1n) is 8.38. The fourth-order valence-corrected chi connectivity index (χ4v) is 2.28. The van der Waals surface area contributed by atoms with Crippen molar-refractivity contribution in [2.75, 3.05) is 6.61 Å². The normalized spacial score (nSPS) is 16.2. The highest BCUT2D eigenvalue weighted by Gasteiger charge is 2.83. The van der Waals surface area contributed by atoms with Crippen LogP contribution in [0.1, 0.15) is 48.0 Å². The van der Waals surface area contributed by atoms with Crippen molar-refractivity contribution in [3.05, 3.63) is 0 Å². The lowest BCUT2D eigenvalue weighted by Crippen LogP contribution is -2.65. The maximum Gasteiger partial charge on any atom is 0.384 e. The van der Waals surface area contributed by atoms with Crippen LogP contribution in [0.5, 0.6) is 0 Å². The number of hydrogen-bond acceptors (Lipinski definition) is 2. The molecule has 0 rings (SSSR count). The molecular formula is C17H24F10O2. The Morgan fingerprint density at radius 2 is 1.21 bits per heavy atom. The predicted octanol–water partition coefficient (Wildman–Crippen LogP) is 6.43. The van der Waals surface area contributed by atoms with Gasteiger partial charge in [0.2, 0.25) is 0 Å². The summed E-state index contributed by atoms with van der Waals surface area (Å²) >= 11 is 0. The monoisotopic (exact) mass is 450 g/mol. The maximum absolute atomic E-state index is 13.7. The zero-order chi connectivity index (χ0) is 23.9. The van der Waals surface area contributed by atoms with Gasteiger partial charge in [-0.05, 0) is 17.3 Å². The zero-order valence-corrected chi connectivity index (χ0v) is 16.7. The molecule has 0 aliphatic rings. The first kappa shape index (κ1) is 27.8. The van der Waals surface area contributed by atoms with Crippen molar-refractivity contribution in [3.63, 3.8) is 0 Å². The smallest absolute Gasteiger partial charge is 0.384 e. The van der Waals surface area contributed by atoms with E-state index in [9.17, 15) is 48.7 Å². The summed E-state index contributed by atoms with van der Waals surface area (Å²) in [4.78, 5) is 12.1. The summed E-state index contributed by atoms with van der Waals surface area (Å²) in [5.74, 6) is -29.4. The van der Waals surface area contributed by atoms with Crippen LogP contribution in [-0.4, -0.2) is 42.7 Å². The summed E-state index contributed by atoms with van der Waals surface area (Å²) in [5, 5.41) is 0. The maximum atomic E-state index is 13.7. The van der Waals surface area contributed by atoms with Crippen LogP contribution >= 0.6 is 0 Å². The van der Waals surface area contributed by atoms with E-state index in [0.29, 0.717) is 0 Å². The molecule has 174 valence electrons. The van der Waals surface area contributed by atoms with Gasteiger partial charge in [-0.25, -0.2) is 8.78 Å². The highest BCUT2D eigenvalue weighted by atomic mass is 19.4. The molecule has 0 saturated carbocycles. The number of halogens is 10. The lowest BCUT2D eigenvalue weighted by molar-refractivity contribution is -0.386. The molecule has 0 spiro atoms. The van der Waals surface area contributed by atoms with Crippen molar-refractivity contribution in [1.82, 2.24) is 0 Å². The van der Waals surface area contributed by atoms with Gasteiger partial charge < -0.3 is 4.74 Å². The highest BCUT2D eigenvalue weighted by Crippen LogP contribution is 2.54. The summed E-state index contributed by atoms with van der Waals surface area (Å²) in [5.41, 5.74) is -1.45. The second-order valence-electron chi connectivity index (χ2n) is 9.07. The van der Waals surface area contributed by atoms with Crippen LogP contribution in [0, 0.1) is 16.7 Å². The molecule has 12 heteroatoms. The third-order valence-corrected chi connectivity index (χ3v) is 4.09. The summed E-state index contributed by atoms with van der Waals surface area (Å²) < 4.78 is 134. The summed E-state index contributed by atoms with van der Waals surface area (Å²) in [7, 11) is 0. The Kier molecular flexibility index (Phi) is 7.78. The molecule has 1 atom stereocenters. The van der Waals surface area contributed by atoms with Gasteiger partial charge in [-0.1, -0.05) is 41.5 Å². The standard InChI is InChI=1S/C17H24F10O2/c1-12(2,3)7-9(13(4,5)6)10(28)29-8-14(20,21)16(24,25)17(26,27)15(22,23)11(18)19/h9,11H,7-8H2,1-6H3. The van der Waals surface area contributed by atoms with Crippen LogP contribution in [0.2, 0.25) is 0 Å². The quantitative estimate of drug-likeness (QED) is 0.315. The molecule has 1 unspecified atom stereocenters. The number of rotatable bonds is 8. The van der Waals surface area contributed by atoms with Crippen LogP contribution in [0.4, 0.5) is 43.9 Å².